The van der Waals surface area contributed by atoms with Crippen LogP contribution in [0.25, 0.3) is 0 Å². The van der Waals surface area contributed by atoms with E-state index in [9.17, 15) is 4.79 Å². The van der Waals surface area contributed by atoms with Gasteiger partial charge in [-0.05, 0) is 19.8 Å². The van der Waals surface area contributed by atoms with E-state index >= 15 is 0 Å². The topological polar surface area (TPSA) is 85.3 Å². The number of piperidine rings is 1. The lowest BCUT2D eigenvalue weighted by Crippen LogP contribution is -2.46. The highest BCUT2D eigenvalue weighted by Gasteiger charge is 2.36. The molecule has 7 heteroatoms. The minimum Gasteiger partial charge on any atom is -0.448 e. The average molecular weight is 318 g/mol. The molecule has 7 nitrogen and oxygen atoms in total. The van der Waals surface area contributed by atoms with Gasteiger partial charge in [-0.25, -0.2) is 4.98 Å². The van der Waals surface area contributed by atoms with Gasteiger partial charge in [0.1, 0.15) is 5.76 Å². The van der Waals surface area contributed by atoms with Crippen LogP contribution in [0.1, 0.15) is 67.6 Å². The van der Waals surface area contributed by atoms with Crippen molar-refractivity contribution in [1.29, 1.82) is 0 Å². The van der Waals surface area contributed by atoms with Crippen LogP contribution in [0.3, 0.4) is 0 Å². The summed E-state index contributed by atoms with van der Waals surface area (Å²) in [7, 11) is 0. The quantitative estimate of drug-likeness (QED) is 0.861. The minimum absolute atomic E-state index is 0.0113. The third-order valence-electron chi connectivity index (χ3n) is 4.52. The van der Waals surface area contributed by atoms with Crippen LogP contribution in [-0.4, -0.2) is 38.6 Å². The number of carbonyl (C=O) groups is 1. The number of amides is 1. The molecule has 1 saturated heterocycles. The highest BCUT2D eigenvalue weighted by molar-refractivity contribution is 5.93. The maximum Gasteiger partial charge on any atom is 0.276 e. The van der Waals surface area contributed by atoms with Gasteiger partial charge in [0.2, 0.25) is 11.8 Å². The molecular weight excluding hydrogens is 296 g/mol. The highest BCUT2D eigenvalue weighted by atomic mass is 16.4. The SMILES string of the molecule is CCc1nnc([C@H]2CCCN(C(=O)c3ncoc3CC)[C@H]2C)o1. The van der Waals surface area contributed by atoms with Gasteiger partial charge in [0, 0.05) is 25.4 Å². The lowest BCUT2D eigenvalue weighted by atomic mass is 9.89. The Balaban J connectivity index is 1.82. The predicted octanol–water partition coefficient (Wildman–Crippen LogP) is 2.59. The number of hydrogen-bond acceptors (Lipinski definition) is 6. The van der Waals surface area contributed by atoms with Gasteiger partial charge in [0.25, 0.3) is 5.91 Å². The third kappa shape index (κ3) is 2.87. The Kier molecular flexibility index (Phi) is 4.45. The molecule has 124 valence electrons. The standard InChI is InChI=1S/C16H22N4O3/c1-4-12-14(17-9-22-12)16(21)20-8-6-7-11(10(20)3)15-19-18-13(5-2)23-15/h9-11H,4-8H2,1-3H3/t10-,11-/m0/s1. The summed E-state index contributed by atoms with van der Waals surface area (Å²) in [6.45, 7) is 6.67. The normalized spacial score (nSPS) is 21.6. The maximum atomic E-state index is 12.8. The van der Waals surface area contributed by atoms with Crippen molar-refractivity contribution in [3.8, 4) is 0 Å². The van der Waals surface area contributed by atoms with Gasteiger partial charge in [0.15, 0.2) is 12.1 Å². The fraction of sp³-hybridized carbons (Fsp3) is 0.625. The number of likely N-dealkylation sites (tertiary alicyclic amines) is 1. The first-order valence-corrected chi connectivity index (χ1v) is 8.21. The smallest absolute Gasteiger partial charge is 0.276 e. The van der Waals surface area contributed by atoms with E-state index in [2.05, 4.69) is 15.2 Å². The second-order valence-corrected chi connectivity index (χ2v) is 5.85. The van der Waals surface area contributed by atoms with Gasteiger partial charge in [-0.15, -0.1) is 10.2 Å². The molecule has 23 heavy (non-hydrogen) atoms. The van der Waals surface area contributed by atoms with Crippen molar-refractivity contribution in [2.24, 2.45) is 0 Å². The molecule has 0 N–H and O–H groups in total. The first-order chi connectivity index (χ1) is 11.2. The molecule has 0 radical (unpaired) electrons. The molecule has 0 saturated carbocycles. The summed E-state index contributed by atoms with van der Waals surface area (Å²) in [5.41, 5.74) is 0.416. The zero-order valence-electron chi connectivity index (χ0n) is 13.8. The number of aryl methyl sites for hydroxylation is 2. The maximum absolute atomic E-state index is 12.8. The molecule has 0 aliphatic carbocycles. The van der Waals surface area contributed by atoms with Crippen molar-refractivity contribution < 1.29 is 13.6 Å². The number of rotatable bonds is 4. The monoisotopic (exact) mass is 318 g/mol. The molecule has 2 aromatic heterocycles. The van der Waals surface area contributed by atoms with E-state index < -0.39 is 0 Å². The summed E-state index contributed by atoms with van der Waals surface area (Å²) in [5, 5.41) is 8.21. The molecule has 1 aliphatic heterocycles. The zero-order chi connectivity index (χ0) is 16.4. The molecule has 3 heterocycles. The second kappa shape index (κ2) is 6.52. The molecule has 1 aliphatic rings. The van der Waals surface area contributed by atoms with Gasteiger partial charge in [-0.3, -0.25) is 4.79 Å². The Labute approximate surface area is 135 Å². The van der Waals surface area contributed by atoms with E-state index in [0.717, 1.165) is 19.3 Å². The molecular formula is C16H22N4O3. The number of oxazole rings is 1. The summed E-state index contributed by atoms with van der Waals surface area (Å²) in [6, 6.07) is -0.0113. The molecule has 0 aromatic carbocycles. The van der Waals surface area contributed by atoms with Crippen LogP contribution in [-0.2, 0) is 12.8 Å². The molecule has 0 unspecified atom stereocenters. The lowest BCUT2D eigenvalue weighted by molar-refractivity contribution is 0.0574. The van der Waals surface area contributed by atoms with Crippen LogP contribution in [0.2, 0.25) is 0 Å². The van der Waals surface area contributed by atoms with E-state index in [1.807, 2.05) is 25.7 Å². The minimum atomic E-state index is -0.0805. The number of carbonyl (C=O) groups excluding carboxylic acids is 1. The Morgan fingerprint density at radius 1 is 1.35 bits per heavy atom. The summed E-state index contributed by atoms with van der Waals surface area (Å²) >= 11 is 0. The first kappa shape index (κ1) is 15.7. The van der Waals surface area contributed by atoms with Crippen LogP contribution >= 0.6 is 0 Å². The number of aromatic nitrogens is 3. The van der Waals surface area contributed by atoms with E-state index in [4.69, 9.17) is 8.83 Å². The molecule has 2 aromatic rings. The highest BCUT2D eigenvalue weighted by Crippen LogP contribution is 2.32. The van der Waals surface area contributed by atoms with Crippen molar-refractivity contribution >= 4 is 5.91 Å². The lowest BCUT2D eigenvalue weighted by Gasteiger charge is -2.37. The van der Waals surface area contributed by atoms with Gasteiger partial charge in [0.05, 0.1) is 5.92 Å². The molecule has 1 amide bonds. The fourth-order valence-corrected chi connectivity index (χ4v) is 3.15. The molecule has 2 atom stereocenters. The van der Waals surface area contributed by atoms with Crippen molar-refractivity contribution in [2.45, 2.75) is 58.4 Å². The van der Waals surface area contributed by atoms with Gasteiger partial charge in [-0.1, -0.05) is 13.8 Å². The molecule has 3 rings (SSSR count). The molecule has 0 spiro atoms. The van der Waals surface area contributed by atoms with Crippen LogP contribution in [0, 0.1) is 0 Å². The van der Waals surface area contributed by atoms with Crippen molar-refractivity contribution in [1.82, 2.24) is 20.1 Å². The first-order valence-electron chi connectivity index (χ1n) is 8.21. The van der Waals surface area contributed by atoms with Gasteiger partial charge < -0.3 is 13.7 Å². The average Bonchev–Trinajstić information content (AvgIpc) is 3.23. The summed E-state index contributed by atoms with van der Waals surface area (Å²) in [5.74, 6) is 1.89. The van der Waals surface area contributed by atoms with Crippen molar-refractivity contribution in [3.05, 3.63) is 29.6 Å². The Morgan fingerprint density at radius 3 is 2.87 bits per heavy atom. The number of nitrogens with zero attached hydrogens (tertiary/aromatic N) is 4. The van der Waals surface area contributed by atoms with Crippen LogP contribution in [0.5, 0.6) is 0 Å². The number of hydrogen-bond donors (Lipinski definition) is 0. The van der Waals surface area contributed by atoms with Crippen LogP contribution < -0.4 is 0 Å². The fourth-order valence-electron chi connectivity index (χ4n) is 3.15. The predicted molar refractivity (Wildman–Crippen MR) is 82.0 cm³/mol. The van der Waals surface area contributed by atoms with E-state index in [-0.39, 0.29) is 17.9 Å². The van der Waals surface area contributed by atoms with E-state index in [1.54, 1.807) is 0 Å². The summed E-state index contributed by atoms with van der Waals surface area (Å²) < 4.78 is 11.0. The van der Waals surface area contributed by atoms with E-state index in [1.165, 1.54) is 6.39 Å². The van der Waals surface area contributed by atoms with Crippen LogP contribution in [0.15, 0.2) is 15.2 Å². The van der Waals surface area contributed by atoms with Gasteiger partial charge >= 0.3 is 0 Å². The van der Waals surface area contributed by atoms with Crippen LogP contribution in [0.4, 0.5) is 0 Å². The van der Waals surface area contributed by atoms with Crippen molar-refractivity contribution in [2.75, 3.05) is 6.54 Å². The van der Waals surface area contributed by atoms with Crippen molar-refractivity contribution in [3.63, 3.8) is 0 Å². The van der Waals surface area contributed by atoms with E-state index in [0.29, 0.717) is 36.2 Å². The zero-order valence-corrected chi connectivity index (χ0v) is 13.8. The Morgan fingerprint density at radius 2 is 2.17 bits per heavy atom. The Hall–Kier alpha value is -2.18. The molecule has 1 fully saturated rings. The third-order valence-corrected chi connectivity index (χ3v) is 4.52. The summed E-state index contributed by atoms with van der Waals surface area (Å²) in [6.07, 6.45) is 4.55. The second-order valence-electron chi connectivity index (χ2n) is 5.85. The molecule has 0 bridgehead atoms. The van der Waals surface area contributed by atoms with Gasteiger partial charge in [-0.2, -0.15) is 0 Å². The Bertz CT molecular complexity index is 678. The largest absolute Gasteiger partial charge is 0.448 e. The summed E-state index contributed by atoms with van der Waals surface area (Å²) in [4.78, 5) is 18.8.